The van der Waals surface area contributed by atoms with Gasteiger partial charge in [0.15, 0.2) is 0 Å². The molecule has 0 radical (unpaired) electrons. The maximum absolute atomic E-state index is 6.05. The van der Waals surface area contributed by atoms with Gasteiger partial charge in [-0.25, -0.2) is 4.98 Å². The van der Waals surface area contributed by atoms with Crippen LogP contribution >= 0.6 is 0 Å². The first-order chi connectivity index (χ1) is 10.7. The fourth-order valence-electron chi connectivity index (χ4n) is 2.98. The molecule has 118 valence electrons. The predicted octanol–water partition coefficient (Wildman–Crippen LogP) is 3.43. The molecule has 1 aliphatic rings. The van der Waals surface area contributed by atoms with E-state index in [0.29, 0.717) is 12.0 Å². The quantitative estimate of drug-likeness (QED) is 0.888. The number of ether oxygens (including phenoxy) is 1. The number of nitrogens with one attached hydrogen (secondary N) is 2. The number of nitrogens with zero attached hydrogens (tertiary/aromatic N) is 1. The van der Waals surface area contributed by atoms with Gasteiger partial charge < -0.3 is 15.4 Å². The average Bonchev–Trinajstić information content (AvgIpc) is 2.54. The van der Waals surface area contributed by atoms with Gasteiger partial charge in [-0.3, -0.25) is 0 Å². The van der Waals surface area contributed by atoms with Crippen LogP contribution in [0, 0.1) is 5.92 Å². The van der Waals surface area contributed by atoms with Crippen LogP contribution < -0.4 is 15.4 Å². The van der Waals surface area contributed by atoms with E-state index in [1.807, 2.05) is 6.20 Å². The van der Waals surface area contributed by atoms with Crippen LogP contribution in [0.15, 0.2) is 30.5 Å². The van der Waals surface area contributed by atoms with Crippen LogP contribution in [0.25, 0.3) is 10.8 Å². The van der Waals surface area contributed by atoms with Gasteiger partial charge in [0.1, 0.15) is 0 Å². The number of benzene rings is 1. The minimum absolute atomic E-state index is 0.401. The number of fused-ring (bicyclic) bond motifs is 1. The van der Waals surface area contributed by atoms with Crippen molar-refractivity contribution in [1.82, 2.24) is 10.3 Å². The van der Waals surface area contributed by atoms with Crippen LogP contribution in [-0.2, 0) is 0 Å². The van der Waals surface area contributed by atoms with Crippen LogP contribution in [0.1, 0.15) is 26.7 Å². The maximum Gasteiger partial charge on any atom is 0.221 e. The van der Waals surface area contributed by atoms with Gasteiger partial charge in [-0.2, -0.15) is 0 Å². The molecule has 2 N–H and O–H groups in total. The summed E-state index contributed by atoms with van der Waals surface area (Å²) >= 11 is 0. The van der Waals surface area contributed by atoms with Crippen LogP contribution in [-0.4, -0.2) is 30.7 Å². The molecule has 22 heavy (non-hydrogen) atoms. The Morgan fingerprint density at radius 3 is 2.82 bits per heavy atom. The molecule has 0 saturated carbocycles. The van der Waals surface area contributed by atoms with E-state index in [2.05, 4.69) is 53.7 Å². The van der Waals surface area contributed by atoms with Gasteiger partial charge in [-0.05, 0) is 63.9 Å². The van der Waals surface area contributed by atoms with Crippen molar-refractivity contribution in [2.24, 2.45) is 5.92 Å². The van der Waals surface area contributed by atoms with E-state index in [9.17, 15) is 0 Å². The highest BCUT2D eigenvalue weighted by Crippen LogP contribution is 2.30. The zero-order valence-electron chi connectivity index (χ0n) is 13.4. The Hall–Kier alpha value is -1.81. The van der Waals surface area contributed by atoms with Crippen molar-refractivity contribution in [2.75, 3.05) is 25.0 Å². The number of anilines is 1. The zero-order valence-corrected chi connectivity index (χ0v) is 13.4. The molecule has 0 amide bonds. The van der Waals surface area contributed by atoms with Crippen molar-refractivity contribution >= 4 is 16.5 Å². The molecule has 0 unspecified atom stereocenters. The topological polar surface area (TPSA) is 46.2 Å². The molecule has 1 aromatic heterocycles. The molecule has 0 bridgehead atoms. The van der Waals surface area contributed by atoms with Gasteiger partial charge >= 0.3 is 0 Å². The largest absolute Gasteiger partial charge is 0.477 e. The second-order valence-corrected chi connectivity index (χ2v) is 6.32. The second kappa shape index (κ2) is 6.97. The molecule has 1 aromatic carbocycles. The number of hydrogen-bond donors (Lipinski definition) is 2. The summed E-state index contributed by atoms with van der Waals surface area (Å²) in [7, 11) is 0. The molecule has 0 aliphatic carbocycles. The Morgan fingerprint density at radius 2 is 2.05 bits per heavy atom. The van der Waals surface area contributed by atoms with Crippen LogP contribution in [0.3, 0.4) is 0 Å². The van der Waals surface area contributed by atoms with Crippen LogP contribution in [0.5, 0.6) is 5.88 Å². The standard InChI is InChI=1S/C18H25N3O/c1-13(2)21-17-5-3-4-16-15(17)8-11-20-18(16)22-12-14-6-9-19-10-7-14/h3-5,8,11,13-14,19,21H,6-7,9-10,12H2,1-2H3. The predicted molar refractivity (Wildman–Crippen MR) is 91.6 cm³/mol. The molecule has 2 aromatic rings. The van der Waals surface area contributed by atoms with Crippen molar-refractivity contribution in [3.05, 3.63) is 30.5 Å². The lowest BCUT2D eigenvalue weighted by molar-refractivity contribution is 0.211. The second-order valence-electron chi connectivity index (χ2n) is 6.32. The summed E-state index contributed by atoms with van der Waals surface area (Å²) in [4.78, 5) is 4.45. The first kappa shape index (κ1) is 15.1. The lowest BCUT2D eigenvalue weighted by atomic mass is 9.99. The number of aromatic nitrogens is 1. The van der Waals surface area contributed by atoms with Crippen LogP contribution in [0.2, 0.25) is 0 Å². The number of rotatable bonds is 5. The van der Waals surface area contributed by atoms with Gasteiger partial charge in [0.2, 0.25) is 5.88 Å². The minimum atomic E-state index is 0.401. The third-order valence-electron chi connectivity index (χ3n) is 4.13. The Kier molecular flexibility index (Phi) is 4.78. The lowest BCUT2D eigenvalue weighted by Crippen LogP contribution is -2.30. The Morgan fingerprint density at radius 1 is 1.23 bits per heavy atom. The molecule has 3 rings (SSSR count). The molecule has 0 spiro atoms. The lowest BCUT2D eigenvalue weighted by Gasteiger charge is -2.22. The van der Waals surface area contributed by atoms with E-state index in [1.165, 1.54) is 18.2 Å². The maximum atomic E-state index is 6.05. The fourth-order valence-corrected chi connectivity index (χ4v) is 2.98. The minimum Gasteiger partial charge on any atom is -0.477 e. The van der Waals surface area contributed by atoms with Crippen LogP contribution in [0.4, 0.5) is 5.69 Å². The molecule has 1 aliphatic heterocycles. The third-order valence-corrected chi connectivity index (χ3v) is 4.13. The smallest absolute Gasteiger partial charge is 0.221 e. The summed E-state index contributed by atoms with van der Waals surface area (Å²) in [5.74, 6) is 1.39. The highest BCUT2D eigenvalue weighted by molar-refractivity contribution is 5.96. The summed E-state index contributed by atoms with van der Waals surface area (Å²) < 4.78 is 6.05. The number of pyridine rings is 1. The van der Waals surface area contributed by atoms with Crippen molar-refractivity contribution in [3.8, 4) is 5.88 Å². The van der Waals surface area contributed by atoms with Crippen molar-refractivity contribution < 1.29 is 4.74 Å². The van der Waals surface area contributed by atoms with E-state index >= 15 is 0 Å². The number of hydrogen-bond acceptors (Lipinski definition) is 4. The van der Waals surface area contributed by atoms with Gasteiger partial charge in [0.25, 0.3) is 0 Å². The van der Waals surface area contributed by atoms with Gasteiger partial charge in [0, 0.05) is 28.7 Å². The average molecular weight is 299 g/mol. The van der Waals surface area contributed by atoms with Gasteiger partial charge in [-0.1, -0.05) is 6.07 Å². The first-order valence-electron chi connectivity index (χ1n) is 8.22. The fraction of sp³-hybridized carbons (Fsp3) is 0.500. The molecule has 1 fully saturated rings. The highest BCUT2D eigenvalue weighted by atomic mass is 16.5. The molecule has 1 saturated heterocycles. The van der Waals surface area contributed by atoms with Crippen molar-refractivity contribution in [2.45, 2.75) is 32.7 Å². The van der Waals surface area contributed by atoms with Crippen molar-refractivity contribution in [3.63, 3.8) is 0 Å². The molecule has 4 heteroatoms. The Labute approximate surface area is 132 Å². The van der Waals surface area contributed by atoms with E-state index in [1.54, 1.807) is 0 Å². The monoisotopic (exact) mass is 299 g/mol. The van der Waals surface area contributed by atoms with E-state index in [4.69, 9.17) is 4.74 Å². The molecular formula is C18H25N3O. The van der Waals surface area contributed by atoms with E-state index in [-0.39, 0.29) is 0 Å². The van der Waals surface area contributed by atoms with Gasteiger partial charge in [-0.15, -0.1) is 0 Å². The summed E-state index contributed by atoms with van der Waals surface area (Å²) in [6.45, 7) is 7.25. The van der Waals surface area contributed by atoms with Crippen molar-refractivity contribution in [1.29, 1.82) is 0 Å². The summed E-state index contributed by atoms with van der Waals surface area (Å²) in [6.07, 6.45) is 4.21. The summed E-state index contributed by atoms with van der Waals surface area (Å²) in [5.41, 5.74) is 1.14. The molecular weight excluding hydrogens is 274 g/mol. The molecule has 4 nitrogen and oxygen atoms in total. The SMILES string of the molecule is CC(C)Nc1cccc2c(OCC3CCNCC3)nccc12. The zero-order chi connectivity index (χ0) is 15.4. The van der Waals surface area contributed by atoms with E-state index < -0.39 is 0 Å². The first-order valence-corrected chi connectivity index (χ1v) is 8.22. The summed E-state index contributed by atoms with van der Waals surface area (Å²) in [5, 5.41) is 9.14. The molecule has 0 atom stereocenters. The highest BCUT2D eigenvalue weighted by Gasteiger charge is 2.15. The number of piperidine rings is 1. The van der Waals surface area contributed by atoms with Gasteiger partial charge in [0.05, 0.1) is 6.61 Å². The normalized spacial score (nSPS) is 16.1. The Balaban J connectivity index is 1.80. The van der Waals surface area contributed by atoms with E-state index in [0.717, 1.165) is 36.6 Å². The molecule has 2 heterocycles. The Bertz CT molecular complexity index is 621. The third kappa shape index (κ3) is 3.50. The summed E-state index contributed by atoms with van der Waals surface area (Å²) in [6, 6.07) is 8.71.